The Morgan fingerprint density at radius 1 is 1.08 bits per heavy atom. The summed E-state index contributed by atoms with van der Waals surface area (Å²) in [6.07, 6.45) is 0.971. The molecule has 0 fully saturated rings. The number of aryl methyl sites for hydroxylation is 1. The average Bonchev–Trinajstić information content (AvgIpc) is 3.29. The fraction of sp³-hybridized carbons (Fsp3) is 0.111. The van der Waals surface area contributed by atoms with Crippen LogP contribution in [0, 0.1) is 0 Å². The van der Waals surface area contributed by atoms with Gasteiger partial charge < -0.3 is 10.3 Å². The highest BCUT2D eigenvalue weighted by molar-refractivity contribution is 9.10. The van der Waals surface area contributed by atoms with E-state index < -0.39 is 0 Å². The van der Waals surface area contributed by atoms with Crippen molar-refractivity contribution in [3.8, 4) is 28.7 Å². The summed E-state index contributed by atoms with van der Waals surface area (Å²) in [5.74, 6) is 1.05. The zero-order valence-electron chi connectivity index (χ0n) is 13.9. The minimum Gasteiger partial charge on any atom is -0.382 e. The highest BCUT2D eigenvalue weighted by Crippen LogP contribution is 2.27. The molecule has 0 radical (unpaired) electrons. The van der Waals surface area contributed by atoms with Crippen LogP contribution in [0.1, 0.15) is 12.5 Å². The Bertz CT molecular complexity index is 1040. The van der Waals surface area contributed by atoms with E-state index in [4.69, 9.17) is 10.3 Å². The van der Waals surface area contributed by atoms with Gasteiger partial charge in [-0.2, -0.15) is 9.67 Å². The van der Waals surface area contributed by atoms with E-state index in [1.807, 2.05) is 48.5 Å². The van der Waals surface area contributed by atoms with Crippen LogP contribution in [0.15, 0.2) is 57.5 Å². The van der Waals surface area contributed by atoms with Crippen LogP contribution in [0.2, 0.25) is 0 Å². The molecule has 0 spiro atoms. The number of rotatable bonds is 4. The van der Waals surface area contributed by atoms with Gasteiger partial charge in [-0.05, 0) is 48.4 Å². The first kappa shape index (κ1) is 16.5. The van der Waals surface area contributed by atoms with E-state index in [-0.39, 0.29) is 5.89 Å². The summed E-state index contributed by atoms with van der Waals surface area (Å²) in [5.41, 5.74) is 9.47. The average molecular weight is 411 g/mol. The van der Waals surface area contributed by atoms with Crippen LogP contribution in [-0.2, 0) is 6.42 Å². The second kappa shape index (κ2) is 6.72. The number of hydrogen-bond acceptors (Lipinski definition) is 6. The molecule has 2 aromatic heterocycles. The molecule has 0 bridgehead atoms. The molecule has 0 saturated heterocycles. The molecule has 2 aromatic carbocycles. The molecule has 26 heavy (non-hydrogen) atoms. The lowest BCUT2D eigenvalue weighted by Crippen LogP contribution is -2.02. The van der Waals surface area contributed by atoms with Gasteiger partial charge in [0.2, 0.25) is 5.82 Å². The number of benzene rings is 2. The number of nitrogens with two attached hydrogens (primary N) is 1. The maximum Gasteiger partial charge on any atom is 0.282 e. The highest BCUT2D eigenvalue weighted by Gasteiger charge is 2.19. The van der Waals surface area contributed by atoms with E-state index in [9.17, 15) is 0 Å². The van der Waals surface area contributed by atoms with E-state index in [0.29, 0.717) is 17.3 Å². The standard InChI is InChI=1S/C18H15BrN6O/c1-2-11-3-9-14(10-4-11)25-16(20)15(22-24-25)18-21-17(23-26-18)12-5-7-13(19)8-6-12/h3-10H,2,20H2,1H3. The Morgan fingerprint density at radius 2 is 1.81 bits per heavy atom. The zero-order valence-corrected chi connectivity index (χ0v) is 15.5. The van der Waals surface area contributed by atoms with Gasteiger partial charge in [0, 0.05) is 10.0 Å². The second-order valence-corrected chi connectivity index (χ2v) is 6.60. The Balaban J connectivity index is 1.67. The fourth-order valence-electron chi connectivity index (χ4n) is 2.54. The van der Waals surface area contributed by atoms with Crippen molar-refractivity contribution in [1.82, 2.24) is 25.1 Å². The summed E-state index contributed by atoms with van der Waals surface area (Å²) >= 11 is 3.40. The van der Waals surface area contributed by atoms with Crippen molar-refractivity contribution in [3.63, 3.8) is 0 Å². The molecule has 4 rings (SSSR count). The first-order valence-corrected chi connectivity index (χ1v) is 8.85. The largest absolute Gasteiger partial charge is 0.382 e. The van der Waals surface area contributed by atoms with Crippen LogP contribution < -0.4 is 5.73 Å². The van der Waals surface area contributed by atoms with E-state index in [1.54, 1.807) is 4.68 Å². The van der Waals surface area contributed by atoms with Gasteiger partial charge in [0.05, 0.1) is 5.69 Å². The Labute approximate surface area is 158 Å². The molecule has 0 aliphatic rings. The lowest BCUT2D eigenvalue weighted by Gasteiger charge is -2.03. The number of aromatic nitrogens is 5. The van der Waals surface area contributed by atoms with Crippen LogP contribution >= 0.6 is 15.9 Å². The van der Waals surface area contributed by atoms with Gasteiger partial charge in [0.25, 0.3) is 5.89 Å². The molecule has 0 atom stereocenters. The van der Waals surface area contributed by atoms with Crippen molar-refractivity contribution >= 4 is 21.7 Å². The lowest BCUT2D eigenvalue weighted by atomic mass is 10.1. The van der Waals surface area contributed by atoms with Crippen LogP contribution in [0.25, 0.3) is 28.7 Å². The van der Waals surface area contributed by atoms with Crippen molar-refractivity contribution in [3.05, 3.63) is 58.6 Å². The number of anilines is 1. The lowest BCUT2D eigenvalue weighted by molar-refractivity contribution is 0.431. The van der Waals surface area contributed by atoms with E-state index >= 15 is 0 Å². The predicted octanol–water partition coefficient (Wildman–Crippen LogP) is 3.89. The van der Waals surface area contributed by atoms with Gasteiger partial charge in [-0.3, -0.25) is 0 Å². The van der Waals surface area contributed by atoms with Gasteiger partial charge in [0.1, 0.15) is 0 Å². The molecule has 0 aliphatic carbocycles. The van der Waals surface area contributed by atoms with Gasteiger partial charge in [-0.25, -0.2) is 0 Å². The van der Waals surface area contributed by atoms with Crippen LogP contribution in [0.5, 0.6) is 0 Å². The maximum absolute atomic E-state index is 6.21. The molecule has 0 aliphatic heterocycles. The summed E-state index contributed by atoms with van der Waals surface area (Å²) in [4.78, 5) is 4.39. The van der Waals surface area contributed by atoms with Crippen LogP contribution in [-0.4, -0.2) is 25.1 Å². The molecule has 2 N–H and O–H groups in total. The highest BCUT2D eigenvalue weighted by atomic mass is 79.9. The molecule has 130 valence electrons. The molecule has 4 aromatic rings. The van der Waals surface area contributed by atoms with Crippen LogP contribution in [0.3, 0.4) is 0 Å². The summed E-state index contributed by atoms with van der Waals surface area (Å²) in [7, 11) is 0. The molecule has 2 heterocycles. The molecule has 8 heteroatoms. The third kappa shape index (κ3) is 2.99. The zero-order chi connectivity index (χ0) is 18.1. The minimum atomic E-state index is 0.233. The molecular weight excluding hydrogens is 396 g/mol. The smallest absolute Gasteiger partial charge is 0.282 e. The summed E-state index contributed by atoms with van der Waals surface area (Å²) in [6.45, 7) is 2.11. The van der Waals surface area contributed by atoms with Crippen molar-refractivity contribution in [2.24, 2.45) is 0 Å². The van der Waals surface area contributed by atoms with Crippen molar-refractivity contribution in [1.29, 1.82) is 0 Å². The third-order valence-electron chi connectivity index (χ3n) is 4.03. The van der Waals surface area contributed by atoms with Crippen molar-refractivity contribution in [2.45, 2.75) is 13.3 Å². The van der Waals surface area contributed by atoms with E-state index in [0.717, 1.165) is 22.1 Å². The van der Waals surface area contributed by atoms with Crippen molar-refractivity contribution < 1.29 is 4.52 Å². The summed E-state index contributed by atoms with van der Waals surface area (Å²) in [6, 6.07) is 15.6. The first-order valence-electron chi connectivity index (χ1n) is 8.06. The van der Waals surface area contributed by atoms with E-state index in [2.05, 4.69) is 43.3 Å². The Kier molecular flexibility index (Phi) is 4.26. The second-order valence-electron chi connectivity index (χ2n) is 5.69. The summed E-state index contributed by atoms with van der Waals surface area (Å²) < 4.78 is 7.87. The van der Waals surface area contributed by atoms with Gasteiger partial charge in [-0.1, -0.05) is 45.4 Å². The monoisotopic (exact) mass is 410 g/mol. The predicted molar refractivity (Wildman–Crippen MR) is 102 cm³/mol. The fourth-order valence-corrected chi connectivity index (χ4v) is 2.81. The maximum atomic E-state index is 6.21. The number of nitrogens with zero attached hydrogens (tertiary/aromatic N) is 5. The number of halogens is 1. The van der Waals surface area contributed by atoms with E-state index in [1.165, 1.54) is 5.56 Å². The SMILES string of the molecule is CCc1ccc(-n2nnc(-c3nc(-c4ccc(Br)cc4)no3)c2N)cc1. The molecule has 0 amide bonds. The Hall–Kier alpha value is -3.00. The van der Waals surface area contributed by atoms with Crippen LogP contribution in [0.4, 0.5) is 5.82 Å². The molecule has 0 unspecified atom stereocenters. The molecular formula is C18H15BrN6O. The molecule has 0 saturated carbocycles. The quantitative estimate of drug-likeness (QED) is 0.548. The van der Waals surface area contributed by atoms with Crippen molar-refractivity contribution in [2.75, 3.05) is 5.73 Å². The first-order chi connectivity index (χ1) is 12.7. The normalized spacial score (nSPS) is 11.0. The summed E-state index contributed by atoms with van der Waals surface area (Å²) in [5, 5.41) is 12.2. The number of nitrogen functional groups attached to an aromatic ring is 1. The van der Waals surface area contributed by atoms with Gasteiger partial charge in [-0.15, -0.1) is 5.10 Å². The Morgan fingerprint density at radius 3 is 2.50 bits per heavy atom. The third-order valence-corrected chi connectivity index (χ3v) is 4.55. The number of hydrogen-bond donors (Lipinski definition) is 1. The molecule has 7 nitrogen and oxygen atoms in total. The van der Waals surface area contributed by atoms with Gasteiger partial charge >= 0.3 is 0 Å². The minimum absolute atomic E-state index is 0.233. The topological polar surface area (TPSA) is 95.6 Å². The van der Waals surface area contributed by atoms with Gasteiger partial charge in [0.15, 0.2) is 11.5 Å².